The Morgan fingerprint density at radius 2 is 1.93 bits per heavy atom. The van der Waals surface area contributed by atoms with Crippen LogP contribution >= 0.6 is 0 Å². The van der Waals surface area contributed by atoms with Crippen LogP contribution in [0.2, 0.25) is 0 Å². The zero-order chi connectivity index (χ0) is 20.1. The van der Waals surface area contributed by atoms with Gasteiger partial charge in [-0.05, 0) is 38.8 Å². The zero-order valence-corrected chi connectivity index (χ0v) is 18.0. The number of guanidine groups is 1. The molecule has 0 saturated carbocycles. The Morgan fingerprint density at radius 1 is 1.26 bits per heavy atom. The highest BCUT2D eigenvalue weighted by Crippen LogP contribution is 2.24. The molecule has 2 rings (SSSR count). The highest BCUT2D eigenvalue weighted by Gasteiger charge is 2.41. The van der Waals surface area contributed by atoms with Crippen molar-refractivity contribution in [2.75, 3.05) is 37.2 Å². The fourth-order valence-corrected chi connectivity index (χ4v) is 4.47. The molecule has 0 spiro atoms. The Balaban J connectivity index is 2.13. The predicted molar refractivity (Wildman–Crippen MR) is 114 cm³/mol. The number of nitrogens with one attached hydrogen (secondary N) is 2. The average molecular weight is 395 g/mol. The SMILES string of the molecule is CCNC(=NCC(Nc1ccccc1)C(C)C)N1CCS(=O)(=O)C(C)(C)C1. The first-order valence-corrected chi connectivity index (χ1v) is 11.4. The number of nitrogens with zero attached hydrogens (tertiary/aromatic N) is 2. The molecule has 7 heteroatoms. The van der Waals surface area contributed by atoms with Gasteiger partial charge in [0.25, 0.3) is 0 Å². The van der Waals surface area contributed by atoms with Gasteiger partial charge < -0.3 is 15.5 Å². The third-order valence-corrected chi connectivity index (χ3v) is 7.58. The highest BCUT2D eigenvalue weighted by molar-refractivity contribution is 7.92. The summed E-state index contributed by atoms with van der Waals surface area (Å²) < 4.78 is 23.8. The van der Waals surface area contributed by atoms with Crippen molar-refractivity contribution in [1.82, 2.24) is 10.2 Å². The minimum absolute atomic E-state index is 0.167. The van der Waals surface area contributed by atoms with Crippen LogP contribution in [0.3, 0.4) is 0 Å². The highest BCUT2D eigenvalue weighted by atomic mass is 32.2. The van der Waals surface area contributed by atoms with Crippen LogP contribution in [-0.2, 0) is 9.84 Å². The van der Waals surface area contributed by atoms with E-state index in [9.17, 15) is 8.42 Å². The topological polar surface area (TPSA) is 73.8 Å². The number of anilines is 1. The monoisotopic (exact) mass is 394 g/mol. The quantitative estimate of drug-likeness (QED) is 0.573. The predicted octanol–water partition coefficient (Wildman–Crippen LogP) is 2.60. The van der Waals surface area contributed by atoms with Gasteiger partial charge in [0.2, 0.25) is 0 Å². The second kappa shape index (κ2) is 8.95. The summed E-state index contributed by atoms with van der Waals surface area (Å²) in [6.45, 7) is 12.3. The molecular formula is C20H34N4O2S. The molecule has 152 valence electrons. The van der Waals surface area contributed by atoms with Crippen LogP contribution in [0, 0.1) is 5.92 Å². The fraction of sp³-hybridized carbons (Fsp3) is 0.650. The van der Waals surface area contributed by atoms with Crippen LogP contribution in [0.5, 0.6) is 0 Å². The maximum absolute atomic E-state index is 12.3. The van der Waals surface area contributed by atoms with Gasteiger partial charge in [-0.3, -0.25) is 4.99 Å². The summed E-state index contributed by atoms with van der Waals surface area (Å²) in [5, 5.41) is 6.89. The maximum Gasteiger partial charge on any atom is 0.194 e. The Kier molecular flexibility index (Phi) is 7.14. The lowest BCUT2D eigenvalue weighted by Gasteiger charge is -2.39. The molecule has 1 atom stereocenters. The largest absolute Gasteiger partial charge is 0.380 e. The van der Waals surface area contributed by atoms with Gasteiger partial charge in [-0.25, -0.2) is 8.42 Å². The van der Waals surface area contributed by atoms with Crippen molar-refractivity contribution in [1.29, 1.82) is 0 Å². The van der Waals surface area contributed by atoms with E-state index in [-0.39, 0.29) is 11.8 Å². The van der Waals surface area contributed by atoms with Gasteiger partial charge in [0, 0.05) is 31.4 Å². The molecule has 1 heterocycles. The van der Waals surface area contributed by atoms with Crippen LogP contribution in [-0.4, -0.2) is 62.0 Å². The first-order chi connectivity index (χ1) is 12.7. The summed E-state index contributed by atoms with van der Waals surface area (Å²) in [7, 11) is -3.06. The van der Waals surface area contributed by atoms with Crippen molar-refractivity contribution in [2.45, 2.75) is 45.4 Å². The van der Waals surface area contributed by atoms with E-state index < -0.39 is 14.6 Å². The van der Waals surface area contributed by atoms with Crippen molar-refractivity contribution >= 4 is 21.5 Å². The summed E-state index contributed by atoms with van der Waals surface area (Å²) in [6.07, 6.45) is 0. The minimum Gasteiger partial charge on any atom is -0.380 e. The van der Waals surface area contributed by atoms with E-state index in [1.165, 1.54) is 0 Å². The Labute approximate surface area is 164 Å². The summed E-state index contributed by atoms with van der Waals surface area (Å²) in [5.41, 5.74) is 1.08. The van der Waals surface area contributed by atoms with Gasteiger partial charge in [-0.1, -0.05) is 32.0 Å². The van der Waals surface area contributed by atoms with Gasteiger partial charge >= 0.3 is 0 Å². The molecule has 0 bridgehead atoms. The molecule has 1 aromatic rings. The first-order valence-electron chi connectivity index (χ1n) is 9.73. The van der Waals surface area contributed by atoms with Gasteiger partial charge in [0.05, 0.1) is 17.0 Å². The van der Waals surface area contributed by atoms with Gasteiger partial charge in [-0.2, -0.15) is 0 Å². The Bertz CT molecular complexity index is 730. The van der Waals surface area contributed by atoms with E-state index in [0.717, 1.165) is 18.2 Å². The van der Waals surface area contributed by atoms with Crippen molar-refractivity contribution in [3.8, 4) is 0 Å². The molecule has 1 aliphatic rings. The maximum atomic E-state index is 12.3. The number of hydrogen-bond acceptors (Lipinski definition) is 4. The number of aliphatic imine (C=N–C) groups is 1. The number of hydrogen-bond donors (Lipinski definition) is 2. The second-order valence-corrected chi connectivity index (χ2v) is 10.8. The molecule has 0 aromatic heterocycles. The molecule has 2 N–H and O–H groups in total. The van der Waals surface area contributed by atoms with E-state index >= 15 is 0 Å². The van der Waals surface area contributed by atoms with Crippen LogP contribution in [0.4, 0.5) is 5.69 Å². The van der Waals surface area contributed by atoms with Gasteiger partial charge in [0.15, 0.2) is 15.8 Å². The van der Waals surface area contributed by atoms with Crippen molar-refractivity contribution < 1.29 is 8.42 Å². The van der Waals surface area contributed by atoms with E-state index in [0.29, 0.717) is 25.6 Å². The lowest BCUT2D eigenvalue weighted by molar-refractivity contribution is 0.352. The minimum atomic E-state index is -3.06. The van der Waals surface area contributed by atoms with Crippen LogP contribution in [0.1, 0.15) is 34.6 Å². The van der Waals surface area contributed by atoms with Gasteiger partial charge in [-0.15, -0.1) is 0 Å². The molecule has 1 saturated heterocycles. The molecule has 0 radical (unpaired) electrons. The zero-order valence-electron chi connectivity index (χ0n) is 17.2. The lowest BCUT2D eigenvalue weighted by atomic mass is 10.0. The first kappa shape index (κ1) is 21.5. The standard InChI is InChI=1S/C20H34N4O2S/c1-6-21-19(24-12-13-27(25,26)20(4,5)15-24)22-14-18(16(2)3)23-17-10-8-7-9-11-17/h7-11,16,18,23H,6,12-15H2,1-5H3,(H,21,22). The van der Waals surface area contributed by atoms with E-state index in [1.54, 1.807) is 13.8 Å². The smallest absolute Gasteiger partial charge is 0.194 e. The average Bonchev–Trinajstić information content (AvgIpc) is 2.60. The molecule has 1 fully saturated rings. The third kappa shape index (κ3) is 5.61. The number of para-hydroxylation sites is 1. The summed E-state index contributed by atoms with van der Waals surface area (Å²) in [6, 6.07) is 10.4. The van der Waals surface area contributed by atoms with E-state index in [2.05, 4.69) is 41.5 Å². The molecule has 1 unspecified atom stereocenters. The number of benzene rings is 1. The molecule has 6 nitrogen and oxygen atoms in total. The molecule has 27 heavy (non-hydrogen) atoms. The fourth-order valence-electron chi connectivity index (χ4n) is 3.11. The molecule has 0 aliphatic carbocycles. The summed E-state index contributed by atoms with van der Waals surface area (Å²) in [5.74, 6) is 1.37. The van der Waals surface area contributed by atoms with Gasteiger partial charge in [0.1, 0.15) is 0 Å². The molecule has 1 aromatic carbocycles. The van der Waals surface area contributed by atoms with E-state index in [4.69, 9.17) is 4.99 Å². The normalized spacial score (nSPS) is 20.4. The van der Waals surface area contributed by atoms with Crippen molar-refractivity contribution in [2.24, 2.45) is 10.9 Å². The van der Waals surface area contributed by atoms with Crippen molar-refractivity contribution in [3.63, 3.8) is 0 Å². The second-order valence-electron chi connectivity index (χ2n) is 8.06. The molecular weight excluding hydrogens is 360 g/mol. The Hall–Kier alpha value is -1.76. The van der Waals surface area contributed by atoms with Crippen LogP contribution in [0.25, 0.3) is 0 Å². The van der Waals surface area contributed by atoms with E-state index in [1.807, 2.05) is 25.1 Å². The summed E-state index contributed by atoms with van der Waals surface area (Å²) >= 11 is 0. The third-order valence-electron chi connectivity index (χ3n) is 5.05. The Morgan fingerprint density at radius 3 is 2.48 bits per heavy atom. The lowest BCUT2D eigenvalue weighted by Crippen LogP contribution is -2.57. The molecule has 1 aliphatic heterocycles. The van der Waals surface area contributed by atoms with Crippen LogP contribution < -0.4 is 10.6 Å². The molecule has 0 amide bonds. The van der Waals surface area contributed by atoms with Crippen LogP contribution in [0.15, 0.2) is 35.3 Å². The van der Waals surface area contributed by atoms with Crippen molar-refractivity contribution in [3.05, 3.63) is 30.3 Å². The summed E-state index contributed by atoms with van der Waals surface area (Å²) in [4.78, 5) is 6.92. The number of rotatable bonds is 6. The number of sulfone groups is 1.